The molecule has 2 heteroatoms. The molecule has 1 aliphatic carbocycles. The van der Waals surface area contributed by atoms with Gasteiger partial charge in [-0.25, -0.2) is 0 Å². The Morgan fingerprint density at radius 3 is 2.47 bits per heavy atom. The zero-order chi connectivity index (χ0) is 12.0. The van der Waals surface area contributed by atoms with Gasteiger partial charge < -0.3 is 9.84 Å². The zero-order valence-corrected chi connectivity index (χ0v) is 10.4. The molecule has 0 amide bonds. The molecule has 1 aliphatic rings. The molecule has 0 heterocycles. The van der Waals surface area contributed by atoms with Crippen LogP contribution in [0.3, 0.4) is 0 Å². The maximum Gasteiger partial charge on any atom is 0.119 e. The number of benzene rings is 1. The second kappa shape index (κ2) is 6.06. The van der Waals surface area contributed by atoms with Crippen LogP contribution in [0, 0.1) is 5.41 Å². The van der Waals surface area contributed by atoms with Gasteiger partial charge in [-0.2, -0.15) is 0 Å². The van der Waals surface area contributed by atoms with Crippen molar-refractivity contribution in [3.63, 3.8) is 0 Å². The lowest BCUT2D eigenvalue weighted by molar-refractivity contribution is 0.112. The first-order valence-electron chi connectivity index (χ1n) is 6.63. The van der Waals surface area contributed by atoms with Gasteiger partial charge in [0, 0.05) is 6.61 Å². The van der Waals surface area contributed by atoms with Gasteiger partial charge in [0.25, 0.3) is 0 Å². The van der Waals surface area contributed by atoms with E-state index in [4.69, 9.17) is 4.74 Å². The fraction of sp³-hybridized carbons (Fsp3) is 0.600. The molecule has 0 radical (unpaired) electrons. The average molecular weight is 234 g/mol. The zero-order valence-electron chi connectivity index (χ0n) is 10.4. The molecule has 0 aliphatic heterocycles. The Labute approximate surface area is 104 Å². The number of para-hydroxylation sites is 1. The molecule has 1 aromatic carbocycles. The number of hydrogen-bond acceptors (Lipinski definition) is 2. The summed E-state index contributed by atoms with van der Waals surface area (Å²) in [6.07, 6.45) is 7.07. The Balaban J connectivity index is 1.69. The van der Waals surface area contributed by atoms with Gasteiger partial charge in [0.2, 0.25) is 0 Å². The number of hydrogen-bond donors (Lipinski definition) is 1. The van der Waals surface area contributed by atoms with E-state index in [-0.39, 0.29) is 5.41 Å². The van der Waals surface area contributed by atoms with E-state index < -0.39 is 0 Å². The minimum Gasteiger partial charge on any atom is -0.494 e. The Bertz CT molecular complexity index is 315. The number of ether oxygens (including phenoxy) is 1. The van der Waals surface area contributed by atoms with Crippen LogP contribution in [0.25, 0.3) is 0 Å². The maximum atomic E-state index is 9.49. The van der Waals surface area contributed by atoms with Gasteiger partial charge in [-0.05, 0) is 43.2 Å². The van der Waals surface area contributed by atoms with Crippen LogP contribution in [0.2, 0.25) is 0 Å². The molecule has 0 atom stereocenters. The minimum absolute atomic E-state index is 0.208. The fourth-order valence-corrected chi connectivity index (χ4v) is 2.77. The van der Waals surface area contributed by atoms with Crippen LogP contribution in [0.5, 0.6) is 5.75 Å². The van der Waals surface area contributed by atoms with E-state index in [1.807, 2.05) is 30.3 Å². The first kappa shape index (κ1) is 12.4. The van der Waals surface area contributed by atoms with Gasteiger partial charge in [0.15, 0.2) is 0 Å². The van der Waals surface area contributed by atoms with Crippen molar-refractivity contribution in [2.45, 2.75) is 38.5 Å². The van der Waals surface area contributed by atoms with Gasteiger partial charge in [-0.3, -0.25) is 0 Å². The second-order valence-corrected chi connectivity index (χ2v) is 5.13. The van der Waals surface area contributed by atoms with Crippen LogP contribution in [-0.2, 0) is 0 Å². The Hall–Kier alpha value is -1.02. The third-order valence-electron chi connectivity index (χ3n) is 3.86. The predicted molar refractivity (Wildman–Crippen MR) is 69.2 cm³/mol. The molecule has 0 spiro atoms. The van der Waals surface area contributed by atoms with Gasteiger partial charge in [0.1, 0.15) is 5.75 Å². The summed E-state index contributed by atoms with van der Waals surface area (Å²) in [7, 11) is 0. The normalized spacial score (nSPS) is 18.2. The highest BCUT2D eigenvalue weighted by atomic mass is 16.5. The quantitative estimate of drug-likeness (QED) is 0.764. The highest BCUT2D eigenvalue weighted by Gasteiger charge is 2.32. The minimum atomic E-state index is 0.208. The van der Waals surface area contributed by atoms with E-state index in [9.17, 15) is 5.11 Å². The first-order valence-corrected chi connectivity index (χ1v) is 6.63. The standard InChI is InChI=1S/C15H22O2/c16-13-15(9-4-5-10-15)11-6-12-17-14-7-2-1-3-8-14/h1-3,7-8,16H,4-6,9-13H2. The second-order valence-electron chi connectivity index (χ2n) is 5.13. The van der Waals surface area contributed by atoms with Crippen LogP contribution < -0.4 is 4.74 Å². The predicted octanol–water partition coefficient (Wildman–Crippen LogP) is 3.40. The summed E-state index contributed by atoms with van der Waals surface area (Å²) in [6.45, 7) is 1.10. The van der Waals surface area contributed by atoms with Crippen molar-refractivity contribution in [1.82, 2.24) is 0 Å². The largest absolute Gasteiger partial charge is 0.494 e. The van der Waals surface area contributed by atoms with Crippen LogP contribution in [0.4, 0.5) is 0 Å². The van der Waals surface area contributed by atoms with Crippen LogP contribution >= 0.6 is 0 Å². The summed E-state index contributed by atoms with van der Waals surface area (Å²) in [5.74, 6) is 0.942. The monoisotopic (exact) mass is 234 g/mol. The summed E-state index contributed by atoms with van der Waals surface area (Å²) >= 11 is 0. The van der Waals surface area contributed by atoms with E-state index in [2.05, 4.69) is 0 Å². The van der Waals surface area contributed by atoms with Crippen LogP contribution in [0.1, 0.15) is 38.5 Å². The third kappa shape index (κ3) is 3.47. The molecule has 1 fully saturated rings. The lowest BCUT2D eigenvalue weighted by Crippen LogP contribution is -2.22. The summed E-state index contributed by atoms with van der Waals surface area (Å²) in [5, 5.41) is 9.49. The molecule has 2 rings (SSSR count). The SMILES string of the molecule is OCC1(CCCOc2ccccc2)CCCC1. The van der Waals surface area contributed by atoms with Gasteiger partial charge in [-0.15, -0.1) is 0 Å². The van der Waals surface area contributed by atoms with Gasteiger partial charge in [-0.1, -0.05) is 31.0 Å². The van der Waals surface area contributed by atoms with Gasteiger partial charge >= 0.3 is 0 Å². The third-order valence-corrected chi connectivity index (χ3v) is 3.86. The van der Waals surface area contributed by atoms with E-state index >= 15 is 0 Å². The van der Waals surface area contributed by atoms with E-state index in [1.54, 1.807) is 0 Å². The highest BCUT2D eigenvalue weighted by molar-refractivity contribution is 5.20. The number of aliphatic hydroxyl groups excluding tert-OH is 1. The summed E-state index contributed by atoms with van der Waals surface area (Å²) < 4.78 is 5.67. The smallest absolute Gasteiger partial charge is 0.119 e. The van der Waals surface area contributed by atoms with Crippen molar-refractivity contribution in [2.24, 2.45) is 5.41 Å². The lowest BCUT2D eigenvalue weighted by atomic mass is 9.82. The number of rotatable bonds is 6. The van der Waals surface area contributed by atoms with Crippen molar-refractivity contribution >= 4 is 0 Å². The van der Waals surface area contributed by atoms with Crippen molar-refractivity contribution in [2.75, 3.05) is 13.2 Å². The lowest BCUT2D eigenvalue weighted by Gasteiger charge is -2.26. The summed E-state index contributed by atoms with van der Waals surface area (Å²) in [5.41, 5.74) is 0.208. The van der Waals surface area contributed by atoms with Crippen molar-refractivity contribution in [3.05, 3.63) is 30.3 Å². The maximum absolute atomic E-state index is 9.49. The van der Waals surface area contributed by atoms with E-state index in [0.717, 1.165) is 25.2 Å². The topological polar surface area (TPSA) is 29.5 Å². The first-order chi connectivity index (χ1) is 8.35. The summed E-state index contributed by atoms with van der Waals surface area (Å²) in [6, 6.07) is 9.93. The molecule has 0 saturated heterocycles. The molecule has 1 saturated carbocycles. The average Bonchev–Trinajstić information content (AvgIpc) is 2.85. The van der Waals surface area contributed by atoms with Crippen LogP contribution in [0.15, 0.2) is 30.3 Å². The Morgan fingerprint density at radius 2 is 1.82 bits per heavy atom. The molecular formula is C15H22O2. The molecule has 1 aromatic rings. The van der Waals surface area contributed by atoms with E-state index in [0.29, 0.717) is 6.61 Å². The van der Waals surface area contributed by atoms with Crippen molar-refractivity contribution in [1.29, 1.82) is 0 Å². The van der Waals surface area contributed by atoms with Crippen molar-refractivity contribution in [3.8, 4) is 5.75 Å². The molecule has 0 bridgehead atoms. The van der Waals surface area contributed by atoms with Crippen LogP contribution in [-0.4, -0.2) is 18.3 Å². The van der Waals surface area contributed by atoms with Gasteiger partial charge in [0.05, 0.1) is 6.61 Å². The molecule has 0 aromatic heterocycles. The molecular weight excluding hydrogens is 212 g/mol. The Morgan fingerprint density at radius 1 is 1.12 bits per heavy atom. The fourth-order valence-electron chi connectivity index (χ4n) is 2.77. The summed E-state index contributed by atoms with van der Waals surface area (Å²) in [4.78, 5) is 0. The molecule has 0 unspecified atom stereocenters. The highest BCUT2D eigenvalue weighted by Crippen LogP contribution is 2.41. The van der Waals surface area contributed by atoms with E-state index in [1.165, 1.54) is 25.7 Å². The molecule has 1 N–H and O–H groups in total. The van der Waals surface area contributed by atoms with Crippen molar-refractivity contribution < 1.29 is 9.84 Å². The molecule has 17 heavy (non-hydrogen) atoms. The Kier molecular flexibility index (Phi) is 4.43. The number of aliphatic hydroxyl groups is 1. The molecule has 2 nitrogen and oxygen atoms in total. The molecule has 94 valence electrons.